The van der Waals surface area contributed by atoms with Crippen LogP contribution in [-0.4, -0.2) is 14.2 Å². The summed E-state index contributed by atoms with van der Waals surface area (Å²) < 4.78 is 28.1. The third-order valence-electron chi connectivity index (χ3n) is 5.00. The molecular formula is C23H19ClN2O3S. The van der Waals surface area contributed by atoms with Gasteiger partial charge in [0.1, 0.15) is 0 Å². The van der Waals surface area contributed by atoms with Crippen molar-refractivity contribution in [3.8, 4) is 0 Å². The zero-order valence-electron chi connectivity index (χ0n) is 16.2. The van der Waals surface area contributed by atoms with Gasteiger partial charge in [-0.15, -0.1) is 0 Å². The second-order valence-corrected chi connectivity index (χ2v) is 9.15. The fourth-order valence-electron chi connectivity index (χ4n) is 3.35. The zero-order chi connectivity index (χ0) is 21.3. The Morgan fingerprint density at radius 2 is 1.67 bits per heavy atom. The lowest BCUT2D eigenvalue weighted by Crippen LogP contribution is -2.39. The minimum atomic E-state index is -4.07. The molecule has 152 valence electrons. The summed E-state index contributed by atoms with van der Waals surface area (Å²) in [4.78, 5) is 12.8. The number of para-hydroxylation sites is 1. The molecule has 5 nitrogen and oxygen atoms in total. The van der Waals surface area contributed by atoms with Crippen molar-refractivity contribution in [2.24, 2.45) is 0 Å². The van der Waals surface area contributed by atoms with Gasteiger partial charge in [-0.05, 0) is 42.3 Å². The van der Waals surface area contributed by atoms with E-state index in [1.54, 1.807) is 42.5 Å². The van der Waals surface area contributed by atoms with E-state index >= 15 is 0 Å². The maximum Gasteiger partial charge on any atom is 0.270 e. The molecule has 0 bridgehead atoms. The largest absolute Gasteiger partial charge is 0.360 e. The lowest BCUT2D eigenvalue weighted by molar-refractivity contribution is 0.104. The molecule has 3 aromatic carbocycles. The van der Waals surface area contributed by atoms with E-state index in [0.29, 0.717) is 22.0 Å². The van der Waals surface area contributed by atoms with Crippen molar-refractivity contribution < 1.29 is 13.2 Å². The smallest absolute Gasteiger partial charge is 0.270 e. The Morgan fingerprint density at radius 1 is 0.967 bits per heavy atom. The van der Waals surface area contributed by atoms with Crippen LogP contribution in [-0.2, 0) is 16.6 Å². The summed E-state index contributed by atoms with van der Waals surface area (Å²) in [5.41, 5.74) is 2.94. The maximum absolute atomic E-state index is 13.4. The number of nitrogens with zero attached hydrogens (tertiary/aromatic N) is 1. The van der Waals surface area contributed by atoms with E-state index in [1.165, 1.54) is 10.5 Å². The van der Waals surface area contributed by atoms with Crippen LogP contribution in [0.4, 0.5) is 11.4 Å². The van der Waals surface area contributed by atoms with Crippen molar-refractivity contribution in [2.45, 2.75) is 13.5 Å². The summed E-state index contributed by atoms with van der Waals surface area (Å²) in [6.07, 6.45) is 1.25. The van der Waals surface area contributed by atoms with E-state index in [2.05, 4.69) is 5.32 Å². The zero-order valence-corrected chi connectivity index (χ0v) is 17.7. The maximum atomic E-state index is 13.4. The Morgan fingerprint density at radius 3 is 2.43 bits per heavy atom. The minimum Gasteiger partial charge on any atom is -0.360 e. The molecule has 0 saturated heterocycles. The first kappa shape index (κ1) is 20.2. The van der Waals surface area contributed by atoms with Gasteiger partial charge in [-0.25, -0.2) is 8.42 Å². The standard InChI is InChI=1S/C23H19ClN2O3S/c1-16-19(24)11-7-12-20(16)25-14-22-23(27)18-10-5-6-13-21(18)26(30(22,28)29)15-17-8-3-2-4-9-17/h2-14,25H,15H2,1H3. The average molecular weight is 439 g/mol. The summed E-state index contributed by atoms with van der Waals surface area (Å²) in [5, 5.41) is 3.50. The van der Waals surface area contributed by atoms with E-state index in [0.717, 1.165) is 11.1 Å². The van der Waals surface area contributed by atoms with E-state index in [-0.39, 0.29) is 11.4 Å². The van der Waals surface area contributed by atoms with Crippen LogP contribution in [0.3, 0.4) is 0 Å². The van der Waals surface area contributed by atoms with Crippen LogP contribution in [0.25, 0.3) is 0 Å². The predicted octanol–water partition coefficient (Wildman–Crippen LogP) is 5.13. The molecule has 0 aliphatic carbocycles. The molecule has 0 spiro atoms. The van der Waals surface area contributed by atoms with Crippen molar-refractivity contribution in [2.75, 3.05) is 9.62 Å². The average Bonchev–Trinajstić information content (AvgIpc) is 2.74. The molecule has 0 atom stereocenters. The van der Waals surface area contributed by atoms with Gasteiger partial charge >= 0.3 is 0 Å². The Bertz CT molecular complexity index is 1250. The highest BCUT2D eigenvalue weighted by Gasteiger charge is 2.40. The van der Waals surface area contributed by atoms with Crippen LogP contribution in [0.15, 0.2) is 83.9 Å². The first-order valence-corrected chi connectivity index (χ1v) is 11.1. The Kier molecular flexibility index (Phi) is 5.37. The number of benzene rings is 3. The monoisotopic (exact) mass is 438 g/mol. The number of fused-ring (bicyclic) bond motifs is 1. The van der Waals surface area contributed by atoms with Gasteiger partial charge in [-0.2, -0.15) is 0 Å². The summed E-state index contributed by atoms with van der Waals surface area (Å²) in [7, 11) is -4.07. The number of halogens is 1. The second-order valence-electron chi connectivity index (χ2n) is 6.91. The second kappa shape index (κ2) is 7.97. The number of rotatable bonds is 4. The normalized spacial score (nSPS) is 16.4. The third-order valence-corrected chi connectivity index (χ3v) is 7.18. The van der Waals surface area contributed by atoms with Crippen molar-refractivity contribution in [1.82, 2.24) is 0 Å². The van der Waals surface area contributed by atoms with Gasteiger partial charge in [0.15, 0.2) is 4.91 Å². The predicted molar refractivity (Wildman–Crippen MR) is 120 cm³/mol. The Hall–Kier alpha value is -3.09. The van der Waals surface area contributed by atoms with Crippen molar-refractivity contribution in [3.05, 3.63) is 106 Å². The number of allylic oxidation sites excluding steroid dienone is 1. The van der Waals surface area contributed by atoms with Crippen LogP contribution in [0.2, 0.25) is 5.02 Å². The highest BCUT2D eigenvalue weighted by Crippen LogP contribution is 2.36. The van der Waals surface area contributed by atoms with Crippen LogP contribution < -0.4 is 9.62 Å². The molecule has 0 unspecified atom stereocenters. The fourth-order valence-corrected chi connectivity index (χ4v) is 5.05. The number of carbonyl (C=O) groups is 1. The molecule has 1 aliphatic rings. The van der Waals surface area contributed by atoms with Gasteiger partial charge in [0.05, 0.1) is 12.2 Å². The molecule has 0 radical (unpaired) electrons. The molecule has 3 aromatic rings. The number of ketones is 1. The highest BCUT2D eigenvalue weighted by molar-refractivity contribution is 7.97. The fraction of sp³-hybridized carbons (Fsp3) is 0.0870. The van der Waals surface area contributed by atoms with Gasteiger partial charge < -0.3 is 5.32 Å². The minimum absolute atomic E-state index is 0.126. The number of anilines is 2. The topological polar surface area (TPSA) is 66.5 Å². The lowest BCUT2D eigenvalue weighted by Gasteiger charge is -2.31. The number of hydrogen-bond donors (Lipinski definition) is 1. The molecule has 1 N–H and O–H groups in total. The summed E-state index contributed by atoms with van der Waals surface area (Å²) >= 11 is 6.15. The summed E-state index contributed by atoms with van der Waals surface area (Å²) in [5.74, 6) is -0.540. The van der Waals surface area contributed by atoms with Crippen molar-refractivity contribution in [3.63, 3.8) is 0 Å². The molecule has 7 heteroatoms. The molecule has 4 rings (SSSR count). The number of carbonyl (C=O) groups excluding carboxylic acids is 1. The van der Waals surface area contributed by atoms with Crippen molar-refractivity contribution in [1.29, 1.82) is 0 Å². The van der Waals surface area contributed by atoms with Gasteiger partial charge in [0.2, 0.25) is 5.78 Å². The molecule has 30 heavy (non-hydrogen) atoms. The van der Waals surface area contributed by atoms with Crippen LogP contribution in [0, 0.1) is 6.92 Å². The number of sulfonamides is 1. The van der Waals surface area contributed by atoms with Crippen LogP contribution in [0.1, 0.15) is 21.5 Å². The lowest BCUT2D eigenvalue weighted by atomic mass is 10.1. The first-order chi connectivity index (χ1) is 14.4. The molecule has 1 heterocycles. The van der Waals surface area contributed by atoms with Crippen LogP contribution >= 0.6 is 11.6 Å². The SMILES string of the molecule is Cc1c(Cl)cccc1NC=C1C(=O)c2ccccc2N(Cc2ccccc2)S1(=O)=O. The highest BCUT2D eigenvalue weighted by atomic mass is 35.5. The molecular weight excluding hydrogens is 420 g/mol. The number of Topliss-reactive ketones (excluding diaryl/α,β-unsaturated/α-hetero) is 1. The molecule has 0 aromatic heterocycles. The van der Waals surface area contributed by atoms with E-state index in [1.807, 2.05) is 37.3 Å². The Labute approximate surface area is 180 Å². The molecule has 0 fully saturated rings. The Balaban J connectivity index is 1.80. The first-order valence-electron chi connectivity index (χ1n) is 9.32. The van der Waals surface area contributed by atoms with Gasteiger partial charge in [0.25, 0.3) is 10.0 Å². The summed E-state index contributed by atoms with van der Waals surface area (Å²) in [6.45, 7) is 1.94. The van der Waals surface area contributed by atoms with Crippen molar-refractivity contribution >= 4 is 38.8 Å². The molecule has 1 aliphatic heterocycles. The van der Waals surface area contributed by atoms with Gasteiger partial charge in [-0.1, -0.05) is 60.1 Å². The van der Waals surface area contributed by atoms with Gasteiger partial charge in [-0.3, -0.25) is 9.10 Å². The van der Waals surface area contributed by atoms with Gasteiger partial charge in [0, 0.05) is 22.5 Å². The van der Waals surface area contributed by atoms with E-state index in [9.17, 15) is 13.2 Å². The number of hydrogen-bond acceptors (Lipinski definition) is 4. The third kappa shape index (κ3) is 3.60. The molecule has 0 amide bonds. The molecule has 0 saturated carbocycles. The summed E-state index contributed by atoms with van der Waals surface area (Å²) in [6, 6.07) is 21.3. The van der Waals surface area contributed by atoms with Crippen LogP contribution in [0.5, 0.6) is 0 Å². The van der Waals surface area contributed by atoms with E-state index < -0.39 is 15.8 Å². The quantitative estimate of drug-likeness (QED) is 0.573. The number of nitrogens with one attached hydrogen (secondary N) is 1. The van der Waals surface area contributed by atoms with E-state index in [4.69, 9.17) is 11.6 Å².